The summed E-state index contributed by atoms with van der Waals surface area (Å²) in [6.45, 7) is 4.76. The SMILES string of the molecule is Cn1cc(/C=C2\C[C@@H]3[C@H]4CC[C@H]5C[C@H](O)CC[C@]5(C)[C@@H]4CC[C@]3(C)C2=O)cn1. The van der Waals surface area contributed by atoms with Crippen molar-refractivity contribution in [3.63, 3.8) is 0 Å². The number of aliphatic hydroxyl groups excluding tert-OH is 1. The van der Waals surface area contributed by atoms with Gasteiger partial charge in [-0.1, -0.05) is 13.8 Å². The molecule has 5 rings (SSSR count). The molecule has 1 aromatic rings. The van der Waals surface area contributed by atoms with E-state index >= 15 is 0 Å². The first-order chi connectivity index (χ1) is 13.3. The summed E-state index contributed by atoms with van der Waals surface area (Å²) in [4.78, 5) is 13.4. The minimum Gasteiger partial charge on any atom is -0.393 e. The van der Waals surface area contributed by atoms with Crippen LogP contribution in [0.2, 0.25) is 0 Å². The fourth-order valence-electron chi connectivity index (χ4n) is 7.75. The zero-order chi connectivity index (χ0) is 19.7. The third kappa shape index (κ3) is 2.59. The minimum atomic E-state index is -0.174. The monoisotopic (exact) mass is 382 g/mol. The number of carbonyl (C=O) groups is 1. The Balaban J connectivity index is 1.45. The number of Topliss-reactive ketones (excluding diaryl/α,β-unsaturated/α-hetero) is 1. The molecule has 0 bridgehead atoms. The number of nitrogens with zero attached hydrogens (tertiary/aromatic N) is 2. The van der Waals surface area contributed by atoms with Crippen molar-refractivity contribution in [1.82, 2.24) is 9.78 Å². The van der Waals surface area contributed by atoms with Gasteiger partial charge in [0.15, 0.2) is 5.78 Å². The molecule has 4 saturated carbocycles. The van der Waals surface area contributed by atoms with Gasteiger partial charge in [0.25, 0.3) is 0 Å². The first kappa shape index (κ1) is 18.6. The maximum absolute atomic E-state index is 13.4. The standard InChI is InChI=1S/C24H34N2O2/c1-23-8-6-18(27)12-17(23)4-5-19-20(23)7-9-24(2)21(19)11-16(22(24)28)10-15-13-25-26(3)14-15/h10,13-14,17-21,27H,4-9,11-12H2,1-3H3/b16-10+/t17-,18+,19-,20+,21+,23-,24-/m0/s1. The fraction of sp³-hybridized carbons (Fsp3) is 0.750. The number of hydrogen-bond acceptors (Lipinski definition) is 3. The summed E-state index contributed by atoms with van der Waals surface area (Å²) < 4.78 is 1.80. The van der Waals surface area contributed by atoms with Gasteiger partial charge in [-0.15, -0.1) is 0 Å². The lowest BCUT2D eigenvalue weighted by Gasteiger charge is -2.59. The highest BCUT2D eigenvalue weighted by Crippen LogP contribution is 2.66. The third-order valence-corrected chi connectivity index (χ3v) is 9.34. The van der Waals surface area contributed by atoms with Gasteiger partial charge in [0.2, 0.25) is 0 Å². The van der Waals surface area contributed by atoms with Crippen molar-refractivity contribution < 1.29 is 9.90 Å². The van der Waals surface area contributed by atoms with Crippen LogP contribution in [0.5, 0.6) is 0 Å². The lowest BCUT2D eigenvalue weighted by atomic mass is 9.45. The smallest absolute Gasteiger partial charge is 0.165 e. The number of carbonyl (C=O) groups excluding carboxylic acids is 1. The molecule has 4 heteroatoms. The van der Waals surface area contributed by atoms with Gasteiger partial charge in [0, 0.05) is 24.2 Å². The molecule has 4 aliphatic rings. The molecule has 0 spiro atoms. The van der Waals surface area contributed by atoms with E-state index in [1.165, 1.54) is 19.3 Å². The number of aryl methyl sites for hydroxylation is 1. The zero-order valence-corrected chi connectivity index (χ0v) is 17.5. The Morgan fingerprint density at radius 2 is 2.00 bits per heavy atom. The van der Waals surface area contributed by atoms with E-state index in [-0.39, 0.29) is 11.5 Å². The van der Waals surface area contributed by atoms with Crippen LogP contribution in [-0.4, -0.2) is 26.8 Å². The van der Waals surface area contributed by atoms with Gasteiger partial charge in [-0.05, 0) is 92.1 Å². The van der Waals surface area contributed by atoms with Gasteiger partial charge in [-0.25, -0.2) is 0 Å². The molecule has 1 N–H and O–H groups in total. The molecule has 0 amide bonds. The number of fused-ring (bicyclic) bond motifs is 5. The quantitative estimate of drug-likeness (QED) is 0.733. The molecule has 0 aliphatic heterocycles. The molecule has 1 aromatic heterocycles. The second-order valence-corrected chi connectivity index (χ2v) is 10.7. The van der Waals surface area contributed by atoms with Crippen LogP contribution in [-0.2, 0) is 11.8 Å². The van der Waals surface area contributed by atoms with Gasteiger partial charge < -0.3 is 5.11 Å². The first-order valence-corrected chi connectivity index (χ1v) is 11.2. The van der Waals surface area contributed by atoms with Gasteiger partial charge in [0.05, 0.1) is 12.3 Å². The van der Waals surface area contributed by atoms with Crippen molar-refractivity contribution in [1.29, 1.82) is 0 Å². The number of allylic oxidation sites excluding steroid dienone is 1. The summed E-state index contributed by atoms with van der Waals surface area (Å²) >= 11 is 0. The maximum Gasteiger partial charge on any atom is 0.165 e. The molecule has 0 unspecified atom stereocenters. The Labute approximate surface area is 168 Å². The molecule has 4 nitrogen and oxygen atoms in total. The molecular weight excluding hydrogens is 348 g/mol. The van der Waals surface area contributed by atoms with Crippen molar-refractivity contribution in [2.75, 3.05) is 0 Å². The van der Waals surface area contributed by atoms with E-state index < -0.39 is 0 Å². The molecular formula is C24H34N2O2. The molecule has 1 heterocycles. The molecule has 7 atom stereocenters. The third-order valence-electron chi connectivity index (χ3n) is 9.34. The van der Waals surface area contributed by atoms with Crippen LogP contribution in [0.4, 0.5) is 0 Å². The van der Waals surface area contributed by atoms with E-state index in [1.807, 2.05) is 19.4 Å². The Bertz CT molecular complexity index is 826. The van der Waals surface area contributed by atoms with Gasteiger partial charge in [0.1, 0.15) is 0 Å². The molecule has 152 valence electrons. The molecule has 4 fully saturated rings. The Morgan fingerprint density at radius 3 is 2.75 bits per heavy atom. The van der Waals surface area contributed by atoms with Crippen LogP contribution in [0.25, 0.3) is 6.08 Å². The number of rotatable bonds is 1. The van der Waals surface area contributed by atoms with Crippen LogP contribution in [0.1, 0.15) is 70.8 Å². The Morgan fingerprint density at radius 1 is 1.18 bits per heavy atom. The number of aromatic nitrogens is 2. The summed E-state index contributed by atoms with van der Waals surface area (Å²) in [5.41, 5.74) is 2.25. The highest BCUT2D eigenvalue weighted by Gasteiger charge is 2.61. The Kier molecular flexibility index (Phi) is 4.18. The predicted molar refractivity (Wildman–Crippen MR) is 109 cm³/mol. The first-order valence-electron chi connectivity index (χ1n) is 11.2. The number of ketones is 1. The van der Waals surface area contributed by atoms with E-state index in [1.54, 1.807) is 4.68 Å². The van der Waals surface area contributed by atoms with Crippen molar-refractivity contribution in [3.8, 4) is 0 Å². The summed E-state index contributed by atoms with van der Waals surface area (Å²) in [6.07, 6.45) is 14.6. The van der Waals surface area contributed by atoms with Crippen LogP contribution >= 0.6 is 0 Å². The molecule has 4 aliphatic carbocycles. The van der Waals surface area contributed by atoms with E-state index in [9.17, 15) is 9.90 Å². The summed E-state index contributed by atoms with van der Waals surface area (Å²) in [6, 6.07) is 0. The second-order valence-electron chi connectivity index (χ2n) is 10.7. The fourth-order valence-corrected chi connectivity index (χ4v) is 7.75. The van der Waals surface area contributed by atoms with E-state index in [0.717, 1.165) is 49.2 Å². The largest absolute Gasteiger partial charge is 0.393 e. The molecule has 0 saturated heterocycles. The van der Waals surface area contributed by atoms with E-state index in [0.29, 0.717) is 29.0 Å². The summed E-state index contributed by atoms with van der Waals surface area (Å²) in [7, 11) is 1.92. The van der Waals surface area contributed by atoms with Crippen molar-refractivity contribution in [3.05, 3.63) is 23.5 Å². The number of hydrogen-bond donors (Lipinski definition) is 1. The maximum atomic E-state index is 13.4. The molecule has 0 aromatic carbocycles. The van der Waals surface area contributed by atoms with E-state index in [4.69, 9.17) is 0 Å². The van der Waals surface area contributed by atoms with Crippen LogP contribution in [0.15, 0.2) is 18.0 Å². The highest BCUT2D eigenvalue weighted by molar-refractivity contribution is 6.05. The highest BCUT2D eigenvalue weighted by atomic mass is 16.3. The number of aliphatic hydroxyl groups is 1. The summed E-state index contributed by atoms with van der Waals surface area (Å²) in [5, 5.41) is 14.5. The molecule has 28 heavy (non-hydrogen) atoms. The molecule has 0 radical (unpaired) electrons. The normalized spacial score (nSPS) is 46.9. The Hall–Kier alpha value is -1.42. The van der Waals surface area contributed by atoms with Gasteiger partial charge in [-0.2, -0.15) is 5.10 Å². The van der Waals surface area contributed by atoms with Crippen LogP contribution < -0.4 is 0 Å². The topological polar surface area (TPSA) is 55.1 Å². The second kappa shape index (κ2) is 6.29. The minimum absolute atomic E-state index is 0.0921. The lowest BCUT2D eigenvalue weighted by Crippen LogP contribution is -2.54. The zero-order valence-electron chi connectivity index (χ0n) is 17.5. The van der Waals surface area contributed by atoms with E-state index in [2.05, 4.69) is 25.0 Å². The average Bonchev–Trinajstić information content (AvgIpc) is 3.18. The summed E-state index contributed by atoms with van der Waals surface area (Å²) in [5.74, 6) is 2.95. The van der Waals surface area contributed by atoms with Gasteiger partial charge in [-0.3, -0.25) is 9.48 Å². The van der Waals surface area contributed by atoms with Crippen molar-refractivity contribution in [2.24, 2.45) is 41.5 Å². The van der Waals surface area contributed by atoms with Gasteiger partial charge >= 0.3 is 0 Å². The lowest BCUT2D eigenvalue weighted by molar-refractivity contribution is -0.141. The van der Waals surface area contributed by atoms with Crippen LogP contribution in [0.3, 0.4) is 0 Å². The van der Waals surface area contributed by atoms with Crippen molar-refractivity contribution >= 4 is 11.9 Å². The predicted octanol–water partition coefficient (Wildman–Crippen LogP) is 4.39. The average molecular weight is 383 g/mol. The van der Waals surface area contributed by atoms with Crippen molar-refractivity contribution in [2.45, 2.75) is 71.3 Å². The van der Waals surface area contributed by atoms with Crippen LogP contribution in [0, 0.1) is 34.5 Å².